The first-order valence-electron chi connectivity index (χ1n) is 5.58. The third kappa shape index (κ3) is 3.36. The Kier molecular flexibility index (Phi) is 3.84. The molecule has 0 aliphatic heterocycles. The van der Waals surface area contributed by atoms with E-state index < -0.39 is 0 Å². The molecule has 94 valence electrons. The van der Waals surface area contributed by atoms with Crippen LogP contribution in [0.15, 0.2) is 42.6 Å². The van der Waals surface area contributed by atoms with Crippen LogP contribution >= 0.6 is 0 Å². The highest BCUT2D eigenvalue weighted by Gasteiger charge is 2.07. The lowest BCUT2D eigenvalue weighted by Gasteiger charge is -2.05. The van der Waals surface area contributed by atoms with E-state index in [0.717, 1.165) is 0 Å². The van der Waals surface area contributed by atoms with Gasteiger partial charge in [0.1, 0.15) is 5.82 Å². The van der Waals surface area contributed by atoms with E-state index in [9.17, 15) is 9.18 Å². The minimum atomic E-state index is -0.363. The van der Waals surface area contributed by atoms with Crippen LogP contribution in [0.25, 0.3) is 0 Å². The Hall–Kier alpha value is -2.74. The van der Waals surface area contributed by atoms with Crippen LogP contribution in [0.2, 0.25) is 0 Å². The number of halogens is 1. The summed E-state index contributed by atoms with van der Waals surface area (Å²) in [5, 5.41) is 11.2. The Morgan fingerprint density at radius 3 is 2.74 bits per heavy atom. The van der Waals surface area contributed by atoms with Crippen molar-refractivity contribution in [1.29, 1.82) is 5.26 Å². The molecule has 0 atom stereocenters. The van der Waals surface area contributed by atoms with E-state index in [-0.39, 0.29) is 18.1 Å². The number of hydrogen-bond donors (Lipinski definition) is 1. The summed E-state index contributed by atoms with van der Waals surface area (Å²) in [6, 6.07) is 10.6. The van der Waals surface area contributed by atoms with Crippen molar-refractivity contribution in [2.24, 2.45) is 0 Å². The molecular weight excluding hydrogens is 245 g/mol. The molecule has 0 fully saturated rings. The number of pyridine rings is 1. The zero-order chi connectivity index (χ0) is 13.7. The molecule has 1 aromatic carbocycles. The molecule has 0 bridgehead atoms. The molecule has 0 aliphatic carbocycles. The first-order chi connectivity index (χ1) is 9.19. The molecule has 0 unspecified atom stereocenters. The molecule has 4 nitrogen and oxygen atoms in total. The first kappa shape index (κ1) is 12.7. The van der Waals surface area contributed by atoms with Gasteiger partial charge < -0.3 is 5.32 Å². The van der Waals surface area contributed by atoms with Gasteiger partial charge in [0.25, 0.3) is 5.91 Å². The summed E-state index contributed by atoms with van der Waals surface area (Å²) in [7, 11) is 0. The molecule has 1 amide bonds. The minimum Gasteiger partial charge on any atom is -0.322 e. The molecule has 0 spiro atoms. The summed E-state index contributed by atoms with van der Waals surface area (Å²) in [5.74, 6) is -0.689. The average molecular weight is 255 g/mol. The van der Waals surface area contributed by atoms with E-state index >= 15 is 0 Å². The Balaban J connectivity index is 2.13. The van der Waals surface area contributed by atoms with Crippen LogP contribution in [0, 0.1) is 17.1 Å². The van der Waals surface area contributed by atoms with Crippen molar-refractivity contribution in [1.82, 2.24) is 4.98 Å². The highest BCUT2D eigenvalue weighted by Crippen LogP contribution is 2.11. The minimum absolute atomic E-state index is 0.150. The molecule has 0 radical (unpaired) electrons. The van der Waals surface area contributed by atoms with E-state index in [1.807, 2.05) is 6.07 Å². The molecule has 5 heteroatoms. The Morgan fingerprint density at radius 1 is 1.32 bits per heavy atom. The number of anilines is 1. The van der Waals surface area contributed by atoms with E-state index in [1.54, 1.807) is 12.1 Å². The van der Waals surface area contributed by atoms with Crippen LogP contribution in [0.3, 0.4) is 0 Å². The maximum absolute atomic E-state index is 12.7. The van der Waals surface area contributed by atoms with Gasteiger partial charge in [-0.15, -0.1) is 0 Å². The molecule has 0 saturated carbocycles. The summed E-state index contributed by atoms with van der Waals surface area (Å²) in [4.78, 5) is 15.9. The van der Waals surface area contributed by atoms with Crippen molar-refractivity contribution >= 4 is 11.6 Å². The van der Waals surface area contributed by atoms with E-state index in [1.165, 1.54) is 30.5 Å². The Morgan fingerprint density at radius 2 is 2.05 bits per heavy atom. The second-order valence-electron chi connectivity index (χ2n) is 3.83. The van der Waals surface area contributed by atoms with Crippen molar-refractivity contribution in [3.63, 3.8) is 0 Å². The van der Waals surface area contributed by atoms with Crippen molar-refractivity contribution in [3.8, 4) is 6.07 Å². The van der Waals surface area contributed by atoms with Gasteiger partial charge in [0.05, 0.1) is 18.2 Å². The van der Waals surface area contributed by atoms with E-state index in [2.05, 4.69) is 10.3 Å². The van der Waals surface area contributed by atoms with Crippen LogP contribution in [0.1, 0.15) is 16.1 Å². The van der Waals surface area contributed by atoms with Gasteiger partial charge in [-0.05, 0) is 36.4 Å². The molecule has 2 aromatic rings. The number of aromatic nitrogens is 1. The number of nitrogens with zero attached hydrogens (tertiary/aromatic N) is 2. The lowest BCUT2D eigenvalue weighted by Crippen LogP contribution is -2.12. The van der Waals surface area contributed by atoms with Crippen LogP contribution < -0.4 is 5.32 Å². The zero-order valence-electron chi connectivity index (χ0n) is 9.93. The van der Waals surface area contributed by atoms with E-state index in [0.29, 0.717) is 16.9 Å². The Bertz CT molecular complexity index is 632. The molecular formula is C14H10FN3O. The lowest BCUT2D eigenvalue weighted by molar-refractivity contribution is 0.102. The van der Waals surface area contributed by atoms with Crippen LogP contribution in [0.5, 0.6) is 0 Å². The average Bonchev–Trinajstić information content (AvgIpc) is 2.42. The topological polar surface area (TPSA) is 65.8 Å². The van der Waals surface area contributed by atoms with Gasteiger partial charge in [0.2, 0.25) is 0 Å². The van der Waals surface area contributed by atoms with Crippen LogP contribution in [0.4, 0.5) is 10.1 Å². The van der Waals surface area contributed by atoms with E-state index in [4.69, 9.17) is 5.26 Å². The third-order valence-electron chi connectivity index (χ3n) is 2.44. The molecule has 1 aromatic heterocycles. The van der Waals surface area contributed by atoms with Gasteiger partial charge in [0, 0.05) is 17.4 Å². The van der Waals surface area contributed by atoms with Crippen molar-refractivity contribution < 1.29 is 9.18 Å². The predicted octanol–water partition coefficient (Wildman–Crippen LogP) is 2.54. The molecule has 19 heavy (non-hydrogen) atoms. The zero-order valence-corrected chi connectivity index (χ0v) is 9.93. The molecule has 2 rings (SSSR count). The smallest absolute Gasteiger partial charge is 0.255 e. The third-order valence-corrected chi connectivity index (χ3v) is 2.44. The lowest BCUT2D eigenvalue weighted by atomic mass is 10.2. The fourth-order valence-electron chi connectivity index (χ4n) is 1.53. The summed E-state index contributed by atoms with van der Waals surface area (Å²) < 4.78 is 12.7. The number of benzene rings is 1. The number of rotatable bonds is 3. The number of amides is 1. The van der Waals surface area contributed by atoms with Gasteiger partial charge >= 0.3 is 0 Å². The second kappa shape index (κ2) is 5.74. The van der Waals surface area contributed by atoms with Gasteiger partial charge in [0.15, 0.2) is 0 Å². The molecule has 0 aliphatic rings. The maximum Gasteiger partial charge on any atom is 0.255 e. The fourth-order valence-corrected chi connectivity index (χ4v) is 1.53. The fraction of sp³-hybridized carbons (Fsp3) is 0.0714. The van der Waals surface area contributed by atoms with Gasteiger partial charge in [-0.1, -0.05) is 0 Å². The number of hydrogen-bond acceptors (Lipinski definition) is 3. The largest absolute Gasteiger partial charge is 0.322 e. The Labute approximate surface area is 109 Å². The van der Waals surface area contributed by atoms with Crippen molar-refractivity contribution in [2.45, 2.75) is 6.42 Å². The SMILES string of the molecule is N#CCc1cc(C(=O)Nc2ccc(F)cc2)ccn1. The first-order valence-corrected chi connectivity index (χ1v) is 5.58. The highest BCUT2D eigenvalue weighted by molar-refractivity contribution is 6.04. The predicted molar refractivity (Wildman–Crippen MR) is 67.9 cm³/mol. The van der Waals surface area contributed by atoms with Gasteiger partial charge in [-0.3, -0.25) is 9.78 Å². The maximum atomic E-state index is 12.7. The normalized spacial score (nSPS) is 9.68. The number of nitriles is 1. The van der Waals surface area contributed by atoms with Crippen LogP contribution in [-0.4, -0.2) is 10.9 Å². The van der Waals surface area contributed by atoms with Gasteiger partial charge in [-0.2, -0.15) is 5.26 Å². The quantitative estimate of drug-likeness (QED) is 0.916. The van der Waals surface area contributed by atoms with Crippen molar-refractivity contribution in [3.05, 3.63) is 59.7 Å². The summed E-state index contributed by atoms with van der Waals surface area (Å²) in [5.41, 5.74) is 1.45. The van der Waals surface area contributed by atoms with Crippen molar-refractivity contribution in [2.75, 3.05) is 5.32 Å². The summed E-state index contributed by atoms with van der Waals surface area (Å²) in [6.07, 6.45) is 1.63. The second-order valence-corrected chi connectivity index (χ2v) is 3.83. The number of carbonyl (C=O) groups is 1. The number of carbonyl (C=O) groups excluding carboxylic acids is 1. The highest BCUT2D eigenvalue weighted by atomic mass is 19.1. The standard InChI is InChI=1S/C14H10FN3O/c15-11-1-3-12(4-2-11)18-14(19)10-6-8-17-13(9-10)5-7-16/h1-4,6,8-9H,5H2,(H,18,19). The molecule has 0 saturated heterocycles. The molecule has 1 N–H and O–H groups in total. The number of nitrogens with one attached hydrogen (secondary N) is 1. The van der Waals surface area contributed by atoms with Gasteiger partial charge in [-0.25, -0.2) is 4.39 Å². The summed E-state index contributed by atoms with van der Waals surface area (Å²) >= 11 is 0. The monoisotopic (exact) mass is 255 g/mol. The van der Waals surface area contributed by atoms with Crippen LogP contribution in [-0.2, 0) is 6.42 Å². The summed E-state index contributed by atoms with van der Waals surface area (Å²) in [6.45, 7) is 0. The molecule has 1 heterocycles.